The lowest BCUT2D eigenvalue weighted by molar-refractivity contribution is -0.130. The molecule has 2 amide bonds. The summed E-state index contributed by atoms with van der Waals surface area (Å²) in [6, 6.07) is 16.9. The molecule has 1 saturated heterocycles. The van der Waals surface area contributed by atoms with E-state index in [9.17, 15) is 9.59 Å². The van der Waals surface area contributed by atoms with Crippen molar-refractivity contribution >= 4 is 29.1 Å². The van der Waals surface area contributed by atoms with Crippen molar-refractivity contribution in [2.24, 2.45) is 0 Å². The van der Waals surface area contributed by atoms with Crippen LogP contribution >= 0.6 is 11.6 Å². The van der Waals surface area contributed by atoms with E-state index in [4.69, 9.17) is 11.6 Å². The number of nitrogens with zero attached hydrogens (tertiary/aromatic N) is 2. The molecule has 0 spiro atoms. The lowest BCUT2D eigenvalue weighted by Gasteiger charge is -2.18. The molecule has 1 fully saturated rings. The van der Waals surface area contributed by atoms with Crippen molar-refractivity contribution in [2.75, 3.05) is 24.7 Å². The molecule has 0 bridgehead atoms. The molecule has 24 heavy (non-hydrogen) atoms. The lowest BCUT2D eigenvalue weighted by atomic mass is 10.2. The third kappa shape index (κ3) is 3.93. The molecule has 0 radical (unpaired) electrons. The van der Waals surface area contributed by atoms with Gasteiger partial charge in [0.05, 0.1) is 6.54 Å². The van der Waals surface area contributed by atoms with E-state index in [1.165, 1.54) is 0 Å². The molecule has 0 saturated carbocycles. The first-order valence-corrected chi connectivity index (χ1v) is 8.09. The van der Waals surface area contributed by atoms with Crippen LogP contribution < -0.4 is 10.2 Å². The van der Waals surface area contributed by atoms with Gasteiger partial charge in [0.2, 0.25) is 11.8 Å². The molecule has 5 nitrogen and oxygen atoms in total. The third-order valence-electron chi connectivity index (χ3n) is 3.86. The van der Waals surface area contributed by atoms with E-state index >= 15 is 0 Å². The number of benzene rings is 2. The van der Waals surface area contributed by atoms with Crippen LogP contribution in [0.25, 0.3) is 0 Å². The van der Waals surface area contributed by atoms with Gasteiger partial charge in [0, 0.05) is 17.3 Å². The Morgan fingerprint density at radius 3 is 2.67 bits per heavy atom. The predicted octanol–water partition coefficient (Wildman–Crippen LogP) is 2.26. The van der Waals surface area contributed by atoms with Crippen LogP contribution in [0.1, 0.15) is 5.56 Å². The van der Waals surface area contributed by atoms with Crippen molar-refractivity contribution < 1.29 is 9.59 Å². The van der Waals surface area contributed by atoms with Gasteiger partial charge in [-0.25, -0.2) is 0 Å². The van der Waals surface area contributed by atoms with Gasteiger partial charge >= 0.3 is 0 Å². The van der Waals surface area contributed by atoms with Crippen LogP contribution in [0.2, 0.25) is 5.02 Å². The summed E-state index contributed by atoms with van der Waals surface area (Å²) < 4.78 is 0. The van der Waals surface area contributed by atoms with Crippen LogP contribution in [0, 0.1) is 0 Å². The molecule has 2 aromatic rings. The summed E-state index contributed by atoms with van der Waals surface area (Å²) in [5.41, 5.74) is 1.82. The van der Waals surface area contributed by atoms with Crippen molar-refractivity contribution in [3.63, 3.8) is 0 Å². The number of carbonyl (C=O) groups is 2. The fraction of sp³-hybridized carbons (Fsp3) is 0.222. The zero-order chi connectivity index (χ0) is 16.9. The van der Waals surface area contributed by atoms with Crippen LogP contribution in [-0.4, -0.2) is 36.5 Å². The summed E-state index contributed by atoms with van der Waals surface area (Å²) in [6.07, 6.45) is 0. The number of hydrogen-bond donors (Lipinski definition) is 1. The maximum absolute atomic E-state index is 12.3. The van der Waals surface area contributed by atoms with E-state index in [-0.39, 0.29) is 31.6 Å². The Morgan fingerprint density at radius 2 is 1.92 bits per heavy atom. The van der Waals surface area contributed by atoms with Gasteiger partial charge < -0.3 is 10.2 Å². The van der Waals surface area contributed by atoms with Crippen LogP contribution in [0.15, 0.2) is 54.6 Å². The van der Waals surface area contributed by atoms with Gasteiger partial charge in [-0.2, -0.15) is 0 Å². The minimum absolute atomic E-state index is 0.0937. The molecular weight excluding hydrogens is 326 g/mol. The molecule has 1 aliphatic heterocycles. The molecule has 0 unspecified atom stereocenters. The average molecular weight is 344 g/mol. The summed E-state index contributed by atoms with van der Waals surface area (Å²) >= 11 is 5.97. The maximum Gasteiger partial charge on any atom is 0.248 e. The van der Waals surface area contributed by atoms with Gasteiger partial charge in [-0.3, -0.25) is 14.5 Å². The molecule has 6 heteroatoms. The number of halogens is 1. The highest BCUT2D eigenvalue weighted by Crippen LogP contribution is 2.22. The second-order valence-electron chi connectivity index (χ2n) is 5.62. The van der Waals surface area contributed by atoms with Crippen molar-refractivity contribution in [1.29, 1.82) is 0 Å². The number of nitrogens with one attached hydrogen (secondary N) is 1. The van der Waals surface area contributed by atoms with Crippen molar-refractivity contribution in [2.45, 2.75) is 6.54 Å². The van der Waals surface area contributed by atoms with Crippen molar-refractivity contribution in [3.8, 4) is 0 Å². The molecular formula is C18H18ClN3O2. The Bertz CT molecular complexity index is 736. The number of carbonyl (C=O) groups excluding carboxylic acids is 2. The Morgan fingerprint density at radius 1 is 1.12 bits per heavy atom. The second kappa shape index (κ2) is 7.47. The molecule has 0 atom stereocenters. The Hall–Kier alpha value is -2.37. The van der Waals surface area contributed by atoms with E-state index in [1.807, 2.05) is 36.4 Å². The number of anilines is 1. The van der Waals surface area contributed by atoms with Crippen LogP contribution in [0.5, 0.6) is 0 Å². The van der Waals surface area contributed by atoms with Gasteiger partial charge in [0.15, 0.2) is 0 Å². The topological polar surface area (TPSA) is 52.7 Å². The van der Waals surface area contributed by atoms with E-state index in [0.717, 1.165) is 5.56 Å². The quantitative estimate of drug-likeness (QED) is 0.906. The highest BCUT2D eigenvalue weighted by atomic mass is 35.5. The molecule has 124 valence electrons. The van der Waals surface area contributed by atoms with Gasteiger partial charge in [0.1, 0.15) is 13.2 Å². The molecule has 1 N–H and O–H groups in total. The van der Waals surface area contributed by atoms with E-state index in [2.05, 4.69) is 5.32 Å². The van der Waals surface area contributed by atoms with Gasteiger partial charge in [0.25, 0.3) is 0 Å². The first-order valence-electron chi connectivity index (χ1n) is 7.72. The fourth-order valence-electron chi connectivity index (χ4n) is 2.61. The predicted molar refractivity (Wildman–Crippen MR) is 93.7 cm³/mol. The number of hydrogen-bond acceptors (Lipinski definition) is 3. The zero-order valence-electron chi connectivity index (χ0n) is 13.1. The average Bonchev–Trinajstić information content (AvgIpc) is 2.98. The fourth-order valence-corrected chi connectivity index (χ4v) is 2.79. The summed E-state index contributed by atoms with van der Waals surface area (Å²) in [4.78, 5) is 27.6. The smallest absolute Gasteiger partial charge is 0.248 e. The van der Waals surface area contributed by atoms with Gasteiger partial charge in [-0.1, -0.05) is 48.0 Å². The highest BCUT2D eigenvalue weighted by Gasteiger charge is 2.31. The van der Waals surface area contributed by atoms with E-state index in [0.29, 0.717) is 17.3 Å². The molecule has 1 aliphatic rings. The highest BCUT2D eigenvalue weighted by molar-refractivity contribution is 6.30. The van der Waals surface area contributed by atoms with E-state index < -0.39 is 0 Å². The minimum Gasteiger partial charge on any atom is -0.314 e. The molecule has 2 aromatic carbocycles. The third-order valence-corrected chi connectivity index (χ3v) is 4.10. The monoisotopic (exact) mass is 343 g/mol. The molecule has 1 heterocycles. The normalized spacial score (nSPS) is 14.3. The van der Waals surface area contributed by atoms with Crippen LogP contribution in [-0.2, 0) is 16.1 Å². The first-order chi connectivity index (χ1) is 11.6. The maximum atomic E-state index is 12.3. The largest absolute Gasteiger partial charge is 0.314 e. The van der Waals surface area contributed by atoms with E-state index in [1.54, 1.807) is 28.0 Å². The zero-order valence-corrected chi connectivity index (χ0v) is 13.9. The summed E-state index contributed by atoms with van der Waals surface area (Å²) in [7, 11) is 0. The Kier molecular flexibility index (Phi) is 5.13. The molecule has 3 rings (SSSR count). The standard InChI is InChI=1S/C18H18ClN3O2/c19-15-7-4-8-16(9-15)22-13-21(12-18(22)24)17(23)11-20-10-14-5-2-1-3-6-14/h1-9,20H,10-13H2. The van der Waals surface area contributed by atoms with Crippen LogP contribution in [0.4, 0.5) is 5.69 Å². The van der Waals surface area contributed by atoms with Crippen LogP contribution in [0.3, 0.4) is 0 Å². The van der Waals surface area contributed by atoms with Gasteiger partial charge in [-0.05, 0) is 23.8 Å². The lowest BCUT2D eigenvalue weighted by Crippen LogP contribution is -2.37. The van der Waals surface area contributed by atoms with Crippen molar-refractivity contribution in [3.05, 3.63) is 65.2 Å². The Balaban J connectivity index is 1.54. The summed E-state index contributed by atoms with van der Waals surface area (Å²) in [5.74, 6) is -0.197. The number of rotatable bonds is 5. The molecule has 0 aromatic heterocycles. The Labute approximate surface area is 145 Å². The first kappa shape index (κ1) is 16.5. The SMILES string of the molecule is O=C(CNCc1ccccc1)N1CC(=O)N(c2cccc(Cl)c2)C1. The van der Waals surface area contributed by atoms with Crippen molar-refractivity contribution in [1.82, 2.24) is 10.2 Å². The number of amides is 2. The molecule has 0 aliphatic carbocycles. The van der Waals surface area contributed by atoms with Gasteiger partial charge in [-0.15, -0.1) is 0 Å². The summed E-state index contributed by atoms with van der Waals surface area (Å²) in [5, 5.41) is 3.68. The second-order valence-corrected chi connectivity index (χ2v) is 6.06. The minimum atomic E-state index is -0.103. The summed E-state index contributed by atoms with van der Waals surface area (Å²) in [6.45, 7) is 1.17.